The molecule has 0 spiro atoms. The van der Waals surface area contributed by atoms with Crippen molar-refractivity contribution in [2.24, 2.45) is 4.99 Å². The highest BCUT2D eigenvalue weighted by atomic mass is 35.5. The van der Waals surface area contributed by atoms with Gasteiger partial charge in [-0.1, -0.05) is 36.7 Å². The highest BCUT2D eigenvalue weighted by Crippen LogP contribution is 2.22. The van der Waals surface area contributed by atoms with Gasteiger partial charge in [0.1, 0.15) is 5.75 Å². The van der Waals surface area contributed by atoms with Crippen molar-refractivity contribution in [3.8, 4) is 5.75 Å². The Balaban J connectivity index is 1.86. The zero-order valence-electron chi connectivity index (χ0n) is 13.2. The summed E-state index contributed by atoms with van der Waals surface area (Å²) in [6.45, 7) is 2.70. The van der Waals surface area contributed by atoms with E-state index in [1.807, 2.05) is 31.2 Å². The molecule has 0 saturated carbocycles. The maximum atomic E-state index is 12.0. The molecule has 3 rings (SSSR count). The van der Waals surface area contributed by atoms with Crippen LogP contribution in [0.25, 0.3) is 6.08 Å². The lowest BCUT2D eigenvalue weighted by molar-refractivity contribution is -0.129. The third kappa shape index (κ3) is 3.84. The molecule has 0 aromatic heterocycles. The van der Waals surface area contributed by atoms with E-state index in [4.69, 9.17) is 21.1 Å². The van der Waals surface area contributed by atoms with Gasteiger partial charge in [-0.3, -0.25) is 0 Å². The molecule has 4 nitrogen and oxygen atoms in total. The van der Waals surface area contributed by atoms with Crippen molar-refractivity contribution in [1.29, 1.82) is 0 Å². The van der Waals surface area contributed by atoms with Gasteiger partial charge in [0.05, 0.1) is 6.61 Å². The van der Waals surface area contributed by atoms with Crippen LogP contribution in [0.15, 0.2) is 59.2 Å². The molecule has 0 N–H and O–H groups in total. The van der Waals surface area contributed by atoms with E-state index in [9.17, 15) is 4.79 Å². The lowest BCUT2D eigenvalue weighted by Crippen LogP contribution is -2.05. The van der Waals surface area contributed by atoms with E-state index < -0.39 is 5.97 Å². The molecule has 1 aliphatic heterocycles. The highest BCUT2D eigenvalue weighted by Gasteiger charge is 2.24. The van der Waals surface area contributed by atoms with Gasteiger partial charge in [-0.15, -0.1) is 0 Å². The standard InChI is InChI=1S/C19H16ClNO3/c1-2-9-23-16-8-3-5-13(10-16)11-17-19(22)24-18(21-17)14-6-4-7-15(20)12-14/h3-8,10-12H,2,9H2,1H3/b17-11+. The van der Waals surface area contributed by atoms with Crippen molar-refractivity contribution >= 4 is 29.5 Å². The Morgan fingerprint density at radius 2 is 2.04 bits per heavy atom. The van der Waals surface area contributed by atoms with Crippen molar-refractivity contribution in [3.05, 3.63) is 70.4 Å². The fraction of sp³-hybridized carbons (Fsp3) is 0.158. The molecule has 0 atom stereocenters. The van der Waals surface area contributed by atoms with Gasteiger partial charge in [-0.25, -0.2) is 9.79 Å². The summed E-state index contributed by atoms with van der Waals surface area (Å²) >= 11 is 5.96. The number of ether oxygens (including phenoxy) is 2. The number of cyclic esters (lactones) is 1. The summed E-state index contributed by atoms with van der Waals surface area (Å²) in [5, 5.41) is 0.560. The van der Waals surface area contributed by atoms with Crippen molar-refractivity contribution in [1.82, 2.24) is 0 Å². The summed E-state index contributed by atoms with van der Waals surface area (Å²) in [7, 11) is 0. The van der Waals surface area contributed by atoms with Gasteiger partial charge < -0.3 is 9.47 Å². The molecule has 0 bridgehead atoms. The Morgan fingerprint density at radius 3 is 2.83 bits per heavy atom. The van der Waals surface area contributed by atoms with Crippen molar-refractivity contribution in [2.45, 2.75) is 13.3 Å². The van der Waals surface area contributed by atoms with E-state index in [1.165, 1.54) is 0 Å². The second kappa shape index (κ2) is 7.32. The molecule has 2 aromatic rings. The summed E-state index contributed by atoms with van der Waals surface area (Å²) in [5.41, 5.74) is 1.74. The molecule has 1 aliphatic rings. The van der Waals surface area contributed by atoms with Crippen LogP contribution in [0.1, 0.15) is 24.5 Å². The fourth-order valence-corrected chi connectivity index (χ4v) is 2.42. The maximum Gasteiger partial charge on any atom is 0.363 e. The Labute approximate surface area is 145 Å². The topological polar surface area (TPSA) is 47.9 Å². The summed E-state index contributed by atoms with van der Waals surface area (Å²) < 4.78 is 10.8. The SMILES string of the molecule is CCCOc1cccc(/C=C2/N=C(c3cccc(Cl)c3)OC2=O)c1. The van der Waals surface area contributed by atoms with Crippen LogP contribution in [0.2, 0.25) is 5.02 Å². The predicted octanol–water partition coefficient (Wildman–Crippen LogP) is 4.47. The number of nitrogens with zero attached hydrogens (tertiary/aromatic N) is 1. The number of aliphatic imine (C=N–C) groups is 1. The zero-order chi connectivity index (χ0) is 16.9. The minimum absolute atomic E-state index is 0.248. The van der Waals surface area contributed by atoms with E-state index in [0.29, 0.717) is 17.2 Å². The Morgan fingerprint density at radius 1 is 1.21 bits per heavy atom. The van der Waals surface area contributed by atoms with Gasteiger partial charge in [0, 0.05) is 10.6 Å². The normalized spacial score (nSPS) is 15.3. The van der Waals surface area contributed by atoms with Crippen LogP contribution in [-0.2, 0) is 9.53 Å². The molecule has 0 aliphatic carbocycles. The minimum Gasteiger partial charge on any atom is -0.494 e. The maximum absolute atomic E-state index is 12.0. The van der Waals surface area contributed by atoms with Crippen LogP contribution in [0, 0.1) is 0 Å². The smallest absolute Gasteiger partial charge is 0.363 e. The quantitative estimate of drug-likeness (QED) is 0.595. The number of halogens is 1. The first-order chi connectivity index (χ1) is 11.7. The third-order valence-electron chi connectivity index (χ3n) is 3.33. The van der Waals surface area contributed by atoms with E-state index in [0.717, 1.165) is 17.7 Å². The highest BCUT2D eigenvalue weighted by molar-refractivity contribution is 6.31. The van der Waals surface area contributed by atoms with E-state index in [2.05, 4.69) is 4.99 Å². The Bertz CT molecular complexity index is 827. The molecule has 24 heavy (non-hydrogen) atoms. The lowest BCUT2D eigenvalue weighted by Gasteiger charge is -2.04. The van der Waals surface area contributed by atoms with Crippen LogP contribution in [0.5, 0.6) is 5.75 Å². The number of benzene rings is 2. The molecule has 0 unspecified atom stereocenters. The van der Waals surface area contributed by atoms with Crippen LogP contribution in [0.4, 0.5) is 0 Å². The average molecular weight is 342 g/mol. The molecule has 0 saturated heterocycles. The molecule has 122 valence electrons. The van der Waals surface area contributed by atoms with Crippen molar-refractivity contribution in [3.63, 3.8) is 0 Å². The Kier molecular flexibility index (Phi) is 4.96. The van der Waals surface area contributed by atoms with E-state index in [1.54, 1.807) is 30.3 Å². The van der Waals surface area contributed by atoms with Gasteiger partial charge in [0.15, 0.2) is 5.70 Å². The van der Waals surface area contributed by atoms with Gasteiger partial charge in [-0.2, -0.15) is 0 Å². The molecule has 0 radical (unpaired) electrons. The summed E-state index contributed by atoms with van der Waals surface area (Å²) in [4.78, 5) is 16.3. The number of esters is 1. The lowest BCUT2D eigenvalue weighted by atomic mass is 10.2. The van der Waals surface area contributed by atoms with Gasteiger partial charge >= 0.3 is 5.97 Å². The van der Waals surface area contributed by atoms with Crippen LogP contribution >= 0.6 is 11.6 Å². The summed E-state index contributed by atoms with van der Waals surface area (Å²) in [6, 6.07) is 14.5. The average Bonchev–Trinajstić information content (AvgIpc) is 2.94. The van der Waals surface area contributed by atoms with E-state index in [-0.39, 0.29) is 11.6 Å². The van der Waals surface area contributed by atoms with Crippen molar-refractivity contribution in [2.75, 3.05) is 6.61 Å². The molecule has 1 heterocycles. The molecule has 0 amide bonds. The van der Waals surface area contributed by atoms with Gasteiger partial charge in [0.25, 0.3) is 0 Å². The van der Waals surface area contributed by atoms with E-state index >= 15 is 0 Å². The molecule has 0 fully saturated rings. The van der Waals surface area contributed by atoms with Crippen molar-refractivity contribution < 1.29 is 14.3 Å². The first-order valence-corrected chi connectivity index (χ1v) is 8.05. The first-order valence-electron chi connectivity index (χ1n) is 7.67. The van der Waals surface area contributed by atoms with Crippen LogP contribution in [-0.4, -0.2) is 18.5 Å². The third-order valence-corrected chi connectivity index (χ3v) is 3.56. The molecule has 2 aromatic carbocycles. The monoisotopic (exact) mass is 341 g/mol. The minimum atomic E-state index is -0.482. The molecule has 5 heteroatoms. The number of hydrogen-bond acceptors (Lipinski definition) is 4. The number of carbonyl (C=O) groups is 1. The molecular formula is C19H16ClNO3. The fourth-order valence-electron chi connectivity index (χ4n) is 2.23. The zero-order valence-corrected chi connectivity index (χ0v) is 13.9. The second-order valence-electron chi connectivity index (χ2n) is 5.27. The Hall–Kier alpha value is -2.59. The predicted molar refractivity (Wildman–Crippen MR) is 94.3 cm³/mol. The largest absolute Gasteiger partial charge is 0.494 e. The summed E-state index contributed by atoms with van der Waals surface area (Å²) in [6.07, 6.45) is 2.61. The second-order valence-corrected chi connectivity index (χ2v) is 5.70. The van der Waals surface area contributed by atoms with Crippen LogP contribution < -0.4 is 4.74 Å². The molecular weight excluding hydrogens is 326 g/mol. The summed E-state index contributed by atoms with van der Waals surface area (Å²) in [5.74, 6) is 0.536. The first kappa shape index (κ1) is 16.3. The van der Waals surface area contributed by atoms with Gasteiger partial charge in [0.2, 0.25) is 5.90 Å². The number of rotatable bonds is 5. The number of hydrogen-bond donors (Lipinski definition) is 0. The van der Waals surface area contributed by atoms with Gasteiger partial charge in [-0.05, 0) is 48.4 Å². The van der Waals surface area contributed by atoms with Crippen LogP contribution in [0.3, 0.4) is 0 Å². The number of carbonyl (C=O) groups excluding carboxylic acids is 1.